The van der Waals surface area contributed by atoms with Gasteiger partial charge in [-0.05, 0) is 17.5 Å². The van der Waals surface area contributed by atoms with Crippen molar-refractivity contribution in [3.63, 3.8) is 0 Å². The molecule has 4 aromatic rings. The quantitative estimate of drug-likeness (QED) is 0.295. The molecular formula is C17H12O10S3. The molecule has 3 N–H and O–H groups in total. The molecule has 0 atom stereocenters. The summed E-state index contributed by atoms with van der Waals surface area (Å²) in [4.78, 5) is -4.35. The van der Waals surface area contributed by atoms with Gasteiger partial charge in [0.15, 0.2) is 0 Å². The molecule has 4 rings (SSSR count). The van der Waals surface area contributed by atoms with Crippen molar-refractivity contribution >= 4 is 62.7 Å². The van der Waals surface area contributed by atoms with Crippen LogP contribution in [0.1, 0.15) is 0 Å². The van der Waals surface area contributed by atoms with E-state index in [9.17, 15) is 38.9 Å². The maximum absolute atomic E-state index is 12.1. The van der Waals surface area contributed by atoms with Crippen LogP contribution in [0.4, 0.5) is 0 Å². The number of hydrogen-bond acceptors (Lipinski definition) is 7. The Bertz CT molecular complexity index is 1630. The van der Waals surface area contributed by atoms with Crippen molar-refractivity contribution in [2.24, 2.45) is 0 Å². The van der Waals surface area contributed by atoms with Crippen LogP contribution in [0.3, 0.4) is 0 Å². The van der Waals surface area contributed by atoms with Crippen LogP contribution in [0.25, 0.3) is 32.3 Å². The molecule has 0 aliphatic carbocycles. The first-order chi connectivity index (χ1) is 13.8. The van der Waals surface area contributed by atoms with E-state index in [0.717, 1.165) is 6.07 Å². The number of ether oxygens (including phenoxy) is 1. The molecule has 0 unspecified atom stereocenters. The summed E-state index contributed by atoms with van der Waals surface area (Å²) in [6.45, 7) is 0. The highest BCUT2D eigenvalue weighted by molar-refractivity contribution is 7.90. The third kappa shape index (κ3) is 2.90. The van der Waals surface area contributed by atoms with Gasteiger partial charge < -0.3 is 4.74 Å². The lowest BCUT2D eigenvalue weighted by Gasteiger charge is -2.19. The number of rotatable bonds is 4. The van der Waals surface area contributed by atoms with Crippen LogP contribution in [-0.2, 0) is 30.4 Å². The second-order valence-corrected chi connectivity index (χ2v) is 10.5. The normalized spacial score (nSPS) is 13.5. The van der Waals surface area contributed by atoms with Crippen molar-refractivity contribution in [2.75, 3.05) is 7.11 Å². The zero-order valence-electron chi connectivity index (χ0n) is 14.9. The summed E-state index contributed by atoms with van der Waals surface area (Å²) in [5, 5.41) is 0.483. The molecule has 0 aliphatic rings. The van der Waals surface area contributed by atoms with Gasteiger partial charge in [0.1, 0.15) is 20.4 Å². The number of benzene rings is 4. The van der Waals surface area contributed by atoms with Crippen LogP contribution in [0, 0.1) is 0 Å². The van der Waals surface area contributed by atoms with E-state index in [1.54, 1.807) is 12.1 Å². The highest BCUT2D eigenvalue weighted by Crippen LogP contribution is 2.45. The number of hydrogen-bond donors (Lipinski definition) is 3. The smallest absolute Gasteiger partial charge is 0.297 e. The number of methoxy groups -OCH3 is 1. The highest BCUT2D eigenvalue weighted by Gasteiger charge is 2.37. The molecule has 13 heteroatoms. The third-order valence-corrected chi connectivity index (χ3v) is 7.83. The van der Waals surface area contributed by atoms with Gasteiger partial charge in [-0.2, -0.15) is 25.3 Å². The Morgan fingerprint density at radius 2 is 1.03 bits per heavy atom. The largest absolute Gasteiger partial charge is 0.496 e. The minimum absolute atomic E-state index is 0.0587. The first-order valence-electron chi connectivity index (χ1n) is 8.00. The maximum Gasteiger partial charge on any atom is 0.297 e. The van der Waals surface area contributed by atoms with E-state index >= 15 is 0 Å². The molecule has 0 bridgehead atoms. The van der Waals surface area contributed by atoms with E-state index in [-0.39, 0.29) is 16.2 Å². The van der Waals surface area contributed by atoms with Crippen molar-refractivity contribution in [3.05, 3.63) is 36.4 Å². The van der Waals surface area contributed by atoms with Crippen molar-refractivity contribution in [2.45, 2.75) is 14.7 Å². The third-order valence-electron chi connectivity index (χ3n) is 4.77. The molecule has 0 aromatic heterocycles. The summed E-state index contributed by atoms with van der Waals surface area (Å²) >= 11 is 0. The van der Waals surface area contributed by atoms with Gasteiger partial charge in [0, 0.05) is 26.9 Å². The van der Waals surface area contributed by atoms with Crippen LogP contribution >= 0.6 is 0 Å². The summed E-state index contributed by atoms with van der Waals surface area (Å²) in [5.41, 5.74) is 0. The zero-order chi connectivity index (χ0) is 22.2. The average molecular weight is 472 g/mol. The zero-order valence-corrected chi connectivity index (χ0v) is 17.3. The van der Waals surface area contributed by atoms with Crippen LogP contribution in [-0.4, -0.2) is 46.0 Å². The van der Waals surface area contributed by atoms with Crippen LogP contribution in [0.5, 0.6) is 5.75 Å². The summed E-state index contributed by atoms with van der Waals surface area (Å²) in [6.07, 6.45) is 0. The van der Waals surface area contributed by atoms with Gasteiger partial charge in [0.05, 0.1) is 7.11 Å². The molecule has 4 aromatic carbocycles. The second-order valence-electron chi connectivity index (χ2n) is 6.43. The van der Waals surface area contributed by atoms with E-state index < -0.39 is 45.0 Å². The maximum atomic E-state index is 12.1. The highest BCUT2D eigenvalue weighted by atomic mass is 32.2. The van der Waals surface area contributed by atoms with E-state index in [1.165, 1.54) is 25.3 Å². The molecular weight excluding hydrogens is 460 g/mol. The van der Waals surface area contributed by atoms with E-state index in [1.807, 2.05) is 0 Å². The molecule has 158 valence electrons. The Morgan fingerprint density at radius 3 is 1.50 bits per heavy atom. The topological polar surface area (TPSA) is 172 Å². The molecule has 0 heterocycles. The predicted molar refractivity (Wildman–Crippen MR) is 106 cm³/mol. The fourth-order valence-corrected chi connectivity index (χ4v) is 7.36. The van der Waals surface area contributed by atoms with Gasteiger partial charge in [0.25, 0.3) is 30.4 Å². The lowest BCUT2D eigenvalue weighted by molar-refractivity contribution is 0.420. The van der Waals surface area contributed by atoms with Crippen molar-refractivity contribution in [1.29, 1.82) is 0 Å². The summed E-state index contributed by atoms with van der Waals surface area (Å²) in [5.74, 6) is 0.359. The predicted octanol–water partition coefficient (Wildman–Crippen LogP) is 2.33. The molecule has 0 fully saturated rings. The fraction of sp³-hybridized carbons (Fsp3) is 0.0588. The lowest BCUT2D eigenvalue weighted by atomic mass is 9.94. The van der Waals surface area contributed by atoms with Crippen LogP contribution in [0.2, 0.25) is 0 Å². The molecule has 0 spiro atoms. The molecule has 30 heavy (non-hydrogen) atoms. The molecule has 10 nitrogen and oxygen atoms in total. The monoisotopic (exact) mass is 472 g/mol. The molecule has 0 saturated carbocycles. The Kier molecular flexibility index (Phi) is 4.30. The minimum atomic E-state index is -5.54. The molecule has 0 saturated heterocycles. The Morgan fingerprint density at radius 1 is 0.600 bits per heavy atom. The van der Waals surface area contributed by atoms with Gasteiger partial charge in [-0.3, -0.25) is 13.7 Å². The van der Waals surface area contributed by atoms with Gasteiger partial charge in [-0.1, -0.05) is 24.3 Å². The minimum Gasteiger partial charge on any atom is -0.496 e. The summed E-state index contributed by atoms with van der Waals surface area (Å²) in [6, 6.07) is 8.38. The van der Waals surface area contributed by atoms with Crippen LogP contribution in [0.15, 0.2) is 51.1 Å². The van der Waals surface area contributed by atoms with Crippen molar-refractivity contribution in [1.82, 2.24) is 0 Å². The molecule has 0 aliphatic heterocycles. The Balaban J connectivity index is 2.54. The summed E-state index contributed by atoms with van der Waals surface area (Å²) < 4.78 is 107. The lowest BCUT2D eigenvalue weighted by Crippen LogP contribution is -2.16. The van der Waals surface area contributed by atoms with Crippen molar-refractivity contribution in [3.8, 4) is 5.75 Å². The SMILES string of the molecule is COc1ccc2ccc3c(S(=O)(=O)O)c(S(=O)(=O)O)c(S(=O)(=O)O)c4ccc1c2c34. The fourth-order valence-electron chi connectivity index (χ4n) is 3.77. The Labute approximate surface area is 170 Å². The van der Waals surface area contributed by atoms with Gasteiger partial charge in [-0.15, -0.1) is 0 Å². The van der Waals surface area contributed by atoms with Gasteiger partial charge in [-0.25, -0.2) is 0 Å². The summed E-state index contributed by atoms with van der Waals surface area (Å²) in [7, 11) is -14.9. The standard InChI is InChI=1S/C17H12O10S3/c1-27-12-7-3-8-2-4-10-14-11(6-5-9(12)13(8)14)16(29(21,22)23)17(30(24,25)26)15(10)28(18,19)20/h2-7H,1H3,(H,18,19,20)(H,21,22,23)(H,24,25,26). The van der Waals surface area contributed by atoms with Crippen molar-refractivity contribution < 1.29 is 43.6 Å². The van der Waals surface area contributed by atoms with Gasteiger partial charge >= 0.3 is 0 Å². The first kappa shape index (κ1) is 20.7. The average Bonchev–Trinajstić information content (AvgIpc) is 2.62. The molecule has 0 radical (unpaired) electrons. The second kappa shape index (κ2) is 6.23. The van der Waals surface area contributed by atoms with Crippen LogP contribution < -0.4 is 4.74 Å². The first-order valence-corrected chi connectivity index (χ1v) is 12.3. The van der Waals surface area contributed by atoms with E-state index in [2.05, 4.69) is 0 Å². The van der Waals surface area contributed by atoms with E-state index in [4.69, 9.17) is 4.74 Å². The van der Waals surface area contributed by atoms with E-state index in [0.29, 0.717) is 21.9 Å². The Hall–Kier alpha value is -2.55. The van der Waals surface area contributed by atoms with Gasteiger partial charge in [0.2, 0.25) is 0 Å². The molecule has 0 amide bonds.